The second-order valence-electron chi connectivity index (χ2n) is 5.99. The van der Waals surface area contributed by atoms with Crippen LogP contribution in [0.1, 0.15) is 29.9 Å². The molecule has 27 heavy (non-hydrogen) atoms. The second-order valence-corrected chi connectivity index (χ2v) is 6.94. The Kier molecular flexibility index (Phi) is 9.03. The van der Waals surface area contributed by atoms with Gasteiger partial charge >= 0.3 is 6.18 Å². The zero-order chi connectivity index (χ0) is 19.2. The maximum atomic E-state index is 12.6. The first-order valence-electron chi connectivity index (χ1n) is 8.17. The van der Waals surface area contributed by atoms with Crippen LogP contribution >= 0.6 is 35.3 Å². The van der Waals surface area contributed by atoms with Crippen LogP contribution in [0.15, 0.2) is 46.8 Å². The number of benzene rings is 1. The van der Waals surface area contributed by atoms with Gasteiger partial charge in [-0.2, -0.15) is 13.2 Å². The van der Waals surface area contributed by atoms with E-state index in [2.05, 4.69) is 15.6 Å². The van der Waals surface area contributed by atoms with E-state index in [-0.39, 0.29) is 37.1 Å². The standard InChI is InChI=1S/C18H22F3N3OS.HI/c1-3-22-16(24-12-17(2,25)15-5-4-10-26-15)23-11-13-6-8-14(9-7-13)18(19,20)21;/h4-10,25H,3,11-12H2,1-2H3,(H2,22,23,24);1H. The highest BCUT2D eigenvalue weighted by molar-refractivity contribution is 14.0. The van der Waals surface area contributed by atoms with Gasteiger partial charge in [0.25, 0.3) is 0 Å². The van der Waals surface area contributed by atoms with Gasteiger partial charge in [-0.1, -0.05) is 18.2 Å². The van der Waals surface area contributed by atoms with Crippen molar-refractivity contribution >= 4 is 41.3 Å². The molecule has 0 bridgehead atoms. The molecule has 1 aromatic heterocycles. The van der Waals surface area contributed by atoms with Crippen molar-refractivity contribution in [3.8, 4) is 0 Å². The fourth-order valence-electron chi connectivity index (χ4n) is 2.24. The lowest BCUT2D eigenvalue weighted by Crippen LogP contribution is -2.44. The normalized spacial score (nSPS) is 14.2. The van der Waals surface area contributed by atoms with E-state index in [1.54, 1.807) is 6.92 Å². The van der Waals surface area contributed by atoms with Crippen molar-refractivity contribution in [2.24, 2.45) is 4.99 Å². The lowest BCUT2D eigenvalue weighted by Gasteiger charge is -2.23. The minimum atomic E-state index is -4.34. The fraction of sp³-hybridized carbons (Fsp3) is 0.389. The number of nitrogens with zero attached hydrogens (tertiary/aromatic N) is 1. The molecule has 0 spiro atoms. The molecule has 0 fully saturated rings. The van der Waals surface area contributed by atoms with E-state index >= 15 is 0 Å². The zero-order valence-corrected chi connectivity index (χ0v) is 18.2. The lowest BCUT2D eigenvalue weighted by molar-refractivity contribution is -0.137. The smallest absolute Gasteiger partial charge is 0.383 e. The molecule has 0 saturated heterocycles. The molecule has 0 aliphatic rings. The topological polar surface area (TPSA) is 56.7 Å². The molecule has 2 rings (SSSR count). The van der Waals surface area contributed by atoms with E-state index < -0.39 is 17.3 Å². The molecule has 0 aliphatic carbocycles. The Morgan fingerprint density at radius 3 is 2.33 bits per heavy atom. The Morgan fingerprint density at radius 2 is 1.81 bits per heavy atom. The summed E-state index contributed by atoms with van der Waals surface area (Å²) in [5.74, 6) is 0.490. The number of nitrogens with one attached hydrogen (secondary N) is 2. The summed E-state index contributed by atoms with van der Waals surface area (Å²) < 4.78 is 37.8. The number of hydrogen-bond donors (Lipinski definition) is 3. The van der Waals surface area contributed by atoms with Crippen LogP contribution in [-0.4, -0.2) is 24.2 Å². The number of rotatable bonds is 6. The van der Waals surface area contributed by atoms with Crippen LogP contribution < -0.4 is 10.6 Å². The van der Waals surface area contributed by atoms with Crippen molar-refractivity contribution in [2.45, 2.75) is 32.2 Å². The molecule has 4 nitrogen and oxygen atoms in total. The van der Waals surface area contributed by atoms with Gasteiger partial charge in [0, 0.05) is 11.4 Å². The van der Waals surface area contributed by atoms with E-state index in [1.165, 1.54) is 23.5 Å². The minimum Gasteiger partial charge on any atom is -0.383 e. The highest BCUT2D eigenvalue weighted by atomic mass is 127. The van der Waals surface area contributed by atoms with Crippen LogP contribution in [0.2, 0.25) is 0 Å². The van der Waals surface area contributed by atoms with Crippen molar-refractivity contribution in [3.63, 3.8) is 0 Å². The summed E-state index contributed by atoms with van der Waals surface area (Å²) >= 11 is 1.47. The van der Waals surface area contributed by atoms with Gasteiger partial charge < -0.3 is 15.7 Å². The third kappa shape index (κ3) is 7.30. The number of aliphatic imine (C=N–C) groups is 1. The van der Waals surface area contributed by atoms with Crippen molar-refractivity contribution in [1.29, 1.82) is 0 Å². The van der Waals surface area contributed by atoms with Gasteiger partial charge in [0.2, 0.25) is 0 Å². The first kappa shape index (κ1) is 23.7. The molecule has 2 aromatic rings. The summed E-state index contributed by atoms with van der Waals surface area (Å²) in [6.45, 7) is 4.74. The van der Waals surface area contributed by atoms with Crippen LogP contribution in [0.5, 0.6) is 0 Å². The van der Waals surface area contributed by atoms with Crippen LogP contribution in [0, 0.1) is 0 Å². The largest absolute Gasteiger partial charge is 0.416 e. The van der Waals surface area contributed by atoms with Crippen molar-refractivity contribution < 1.29 is 18.3 Å². The summed E-state index contributed by atoms with van der Waals surface area (Å²) in [5, 5.41) is 18.6. The first-order chi connectivity index (χ1) is 12.2. The molecule has 1 aromatic carbocycles. The highest BCUT2D eigenvalue weighted by Gasteiger charge is 2.29. The third-order valence-electron chi connectivity index (χ3n) is 3.70. The van der Waals surface area contributed by atoms with Crippen LogP contribution in [0.25, 0.3) is 0 Å². The summed E-state index contributed by atoms with van der Waals surface area (Å²) in [4.78, 5) is 5.20. The maximum absolute atomic E-state index is 12.6. The van der Waals surface area contributed by atoms with Gasteiger partial charge in [-0.3, -0.25) is 0 Å². The van der Waals surface area contributed by atoms with E-state index in [4.69, 9.17) is 0 Å². The fourth-order valence-corrected chi connectivity index (χ4v) is 3.03. The Bertz CT molecular complexity index is 716. The van der Waals surface area contributed by atoms with Gasteiger partial charge in [-0.15, -0.1) is 35.3 Å². The molecule has 9 heteroatoms. The SMILES string of the molecule is CCNC(=NCc1ccc(C(F)(F)F)cc1)NCC(C)(O)c1cccs1.I. The zero-order valence-electron chi connectivity index (χ0n) is 15.0. The second kappa shape index (κ2) is 10.3. The monoisotopic (exact) mass is 513 g/mol. The molecule has 0 saturated carbocycles. The van der Waals surface area contributed by atoms with Gasteiger partial charge in [0.05, 0.1) is 18.7 Å². The molecule has 150 valence electrons. The molecular weight excluding hydrogens is 490 g/mol. The summed E-state index contributed by atoms with van der Waals surface area (Å²) in [5.41, 5.74) is -1.05. The Balaban J connectivity index is 0.00000364. The number of thiophene rings is 1. The number of hydrogen-bond acceptors (Lipinski definition) is 3. The Morgan fingerprint density at radius 1 is 1.15 bits per heavy atom. The predicted molar refractivity (Wildman–Crippen MR) is 114 cm³/mol. The van der Waals surface area contributed by atoms with Crippen LogP contribution in [0.4, 0.5) is 13.2 Å². The van der Waals surface area contributed by atoms with Gasteiger partial charge in [0.15, 0.2) is 5.96 Å². The van der Waals surface area contributed by atoms with Crippen molar-refractivity contribution in [2.75, 3.05) is 13.1 Å². The lowest BCUT2D eigenvalue weighted by atomic mass is 10.1. The number of aliphatic hydroxyl groups is 1. The molecular formula is C18H23F3IN3OS. The predicted octanol–water partition coefficient (Wildman–Crippen LogP) is 4.35. The molecule has 1 heterocycles. The van der Waals surface area contributed by atoms with E-state index in [0.29, 0.717) is 18.1 Å². The van der Waals surface area contributed by atoms with Crippen LogP contribution in [0.3, 0.4) is 0 Å². The van der Waals surface area contributed by atoms with Crippen molar-refractivity contribution in [1.82, 2.24) is 10.6 Å². The Labute approximate surface area is 177 Å². The van der Waals surface area contributed by atoms with E-state index in [0.717, 1.165) is 17.0 Å². The van der Waals surface area contributed by atoms with E-state index in [1.807, 2.05) is 24.4 Å². The van der Waals surface area contributed by atoms with Gasteiger partial charge in [-0.25, -0.2) is 4.99 Å². The quantitative estimate of drug-likeness (QED) is 0.306. The molecule has 1 atom stereocenters. The average Bonchev–Trinajstić information content (AvgIpc) is 3.12. The summed E-state index contributed by atoms with van der Waals surface area (Å²) in [6, 6.07) is 8.66. The molecule has 0 amide bonds. The first-order valence-corrected chi connectivity index (χ1v) is 9.05. The minimum absolute atomic E-state index is 0. The summed E-state index contributed by atoms with van der Waals surface area (Å²) in [7, 11) is 0. The maximum Gasteiger partial charge on any atom is 0.416 e. The molecule has 1 unspecified atom stereocenters. The summed E-state index contributed by atoms with van der Waals surface area (Å²) in [6.07, 6.45) is -4.34. The number of halogens is 4. The van der Waals surface area contributed by atoms with Crippen molar-refractivity contribution in [3.05, 3.63) is 57.8 Å². The number of alkyl halides is 3. The molecule has 3 N–H and O–H groups in total. The molecule has 0 aliphatic heterocycles. The average molecular weight is 513 g/mol. The Hall–Kier alpha value is -1.33. The third-order valence-corrected chi connectivity index (χ3v) is 4.82. The van der Waals surface area contributed by atoms with Gasteiger partial charge in [0.1, 0.15) is 5.60 Å². The van der Waals surface area contributed by atoms with E-state index in [9.17, 15) is 18.3 Å². The van der Waals surface area contributed by atoms with Gasteiger partial charge in [-0.05, 0) is 43.0 Å². The molecule has 0 radical (unpaired) electrons. The highest BCUT2D eigenvalue weighted by Crippen LogP contribution is 2.29. The van der Waals surface area contributed by atoms with Crippen LogP contribution in [-0.2, 0) is 18.3 Å². The number of guanidine groups is 1.